The number of aromatic nitrogens is 3. The zero-order valence-electron chi connectivity index (χ0n) is 11.9. The van der Waals surface area contributed by atoms with Gasteiger partial charge in [0.2, 0.25) is 5.91 Å². The first-order valence-corrected chi connectivity index (χ1v) is 6.77. The van der Waals surface area contributed by atoms with E-state index in [1.54, 1.807) is 13.0 Å². The molecule has 1 aromatic carbocycles. The molecule has 116 valence electrons. The number of benzene rings is 1. The van der Waals surface area contributed by atoms with Crippen molar-refractivity contribution >= 4 is 29.1 Å². The molecule has 2 amide bonds. The summed E-state index contributed by atoms with van der Waals surface area (Å²) in [4.78, 5) is 36.8. The van der Waals surface area contributed by atoms with Crippen LogP contribution in [-0.2, 0) is 4.79 Å². The second-order valence-electron chi connectivity index (χ2n) is 4.63. The van der Waals surface area contributed by atoms with E-state index in [0.717, 1.165) is 0 Å². The fourth-order valence-corrected chi connectivity index (χ4v) is 2.01. The Hall–Kier alpha value is -2.61. The van der Waals surface area contributed by atoms with Gasteiger partial charge in [0.15, 0.2) is 5.82 Å². The first kappa shape index (κ1) is 15.8. The summed E-state index contributed by atoms with van der Waals surface area (Å²) in [7, 11) is 0. The fourth-order valence-electron chi connectivity index (χ4n) is 1.81. The number of amides is 2. The Labute approximate surface area is 130 Å². The monoisotopic (exact) mass is 323 g/mol. The van der Waals surface area contributed by atoms with Crippen LogP contribution in [0.2, 0.25) is 5.02 Å². The maximum atomic E-state index is 12.3. The zero-order chi connectivity index (χ0) is 16.3. The molecule has 0 saturated heterocycles. The third-order valence-corrected chi connectivity index (χ3v) is 3.14. The Kier molecular flexibility index (Phi) is 4.62. The molecule has 22 heavy (non-hydrogen) atoms. The molecule has 0 bridgehead atoms. The van der Waals surface area contributed by atoms with Crippen LogP contribution in [0.15, 0.2) is 23.0 Å². The lowest BCUT2D eigenvalue weighted by Crippen LogP contribution is -2.28. The molecule has 0 saturated carbocycles. The van der Waals surface area contributed by atoms with Crippen LogP contribution >= 0.6 is 11.6 Å². The summed E-state index contributed by atoms with van der Waals surface area (Å²) in [6.45, 7) is 3.03. The second kappa shape index (κ2) is 6.44. The number of rotatable bonds is 4. The highest BCUT2D eigenvalue weighted by molar-refractivity contribution is 6.34. The molecule has 8 nitrogen and oxygen atoms in total. The van der Waals surface area contributed by atoms with E-state index in [1.165, 1.54) is 19.1 Å². The van der Waals surface area contributed by atoms with Gasteiger partial charge >= 0.3 is 5.69 Å². The van der Waals surface area contributed by atoms with Crippen molar-refractivity contribution in [3.63, 3.8) is 0 Å². The normalized spacial score (nSPS) is 11.8. The minimum atomic E-state index is -0.521. The molecule has 4 N–H and O–H groups in total. The van der Waals surface area contributed by atoms with Gasteiger partial charge in [0, 0.05) is 12.6 Å². The molecule has 1 atom stereocenters. The Morgan fingerprint density at radius 1 is 1.36 bits per heavy atom. The zero-order valence-corrected chi connectivity index (χ0v) is 12.6. The van der Waals surface area contributed by atoms with Crippen LogP contribution < -0.4 is 16.3 Å². The molecule has 2 rings (SSSR count). The van der Waals surface area contributed by atoms with E-state index in [-0.39, 0.29) is 16.5 Å². The maximum Gasteiger partial charge on any atom is 0.340 e. The fraction of sp³-hybridized carbons (Fsp3) is 0.231. The third kappa shape index (κ3) is 3.73. The molecule has 2 aromatic rings. The second-order valence-corrected chi connectivity index (χ2v) is 5.04. The van der Waals surface area contributed by atoms with Gasteiger partial charge < -0.3 is 10.6 Å². The molecule has 0 spiro atoms. The van der Waals surface area contributed by atoms with Crippen LogP contribution in [0, 0.1) is 0 Å². The van der Waals surface area contributed by atoms with Crippen molar-refractivity contribution in [2.24, 2.45) is 0 Å². The van der Waals surface area contributed by atoms with E-state index < -0.39 is 17.6 Å². The van der Waals surface area contributed by atoms with Gasteiger partial charge in [-0.1, -0.05) is 11.6 Å². The molecule has 0 aliphatic rings. The first-order valence-electron chi connectivity index (χ1n) is 6.39. The van der Waals surface area contributed by atoms with E-state index in [1.807, 2.05) is 0 Å². The topological polar surface area (TPSA) is 120 Å². The van der Waals surface area contributed by atoms with Gasteiger partial charge in [-0.15, -0.1) is 0 Å². The highest BCUT2D eigenvalue weighted by atomic mass is 35.5. The first-order chi connectivity index (χ1) is 10.4. The lowest BCUT2D eigenvalue weighted by Gasteiger charge is -2.13. The number of H-pyrrole nitrogens is 2. The van der Waals surface area contributed by atoms with Gasteiger partial charge in [-0.05, 0) is 25.1 Å². The van der Waals surface area contributed by atoms with Crippen molar-refractivity contribution in [1.29, 1.82) is 0 Å². The number of carbonyl (C=O) groups excluding carboxylic acids is 2. The SMILES string of the molecule is CC(=O)Nc1ccc(Cl)c(C(=O)N[C@H](C)c2n[nH]c(=O)[nH]2)c1. The van der Waals surface area contributed by atoms with Crippen molar-refractivity contribution in [3.05, 3.63) is 45.1 Å². The third-order valence-electron chi connectivity index (χ3n) is 2.81. The molecular formula is C13H14ClN5O3. The average Bonchev–Trinajstić information content (AvgIpc) is 2.87. The Bertz CT molecular complexity index is 767. The van der Waals surface area contributed by atoms with Gasteiger partial charge in [0.1, 0.15) is 0 Å². The standard InChI is InChI=1S/C13H14ClN5O3/c1-6(11-17-13(22)19-18-11)15-12(21)9-5-8(16-7(2)20)3-4-10(9)14/h3-6H,1-2H3,(H,15,21)(H,16,20)(H2,17,18,19,22)/t6-/m1/s1. The summed E-state index contributed by atoms with van der Waals surface area (Å²) < 4.78 is 0. The highest BCUT2D eigenvalue weighted by Crippen LogP contribution is 2.21. The van der Waals surface area contributed by atoms with Gasteiger partial charge in [-0.2, -0.15) is 5.10 Å². The highest BCUT2D eigenvalue weighted by Gasteiger charge is 2.17. The summed E-state index contributed by atoms with van der Waals surface area (Å²) in [5, 5.41) is 11.4. The maximum absolute atomic E-state index is 12.3. The van der Waals surface area contributed by atoms with Crippen LogP contribution in [0.4, 0.5) is 5.69 Å². The van der Waals surface area contributed by atoms with E-state index in [2.05, 4.69) is 25.8 Å². The molecule has 1 aromatic heterocycles. The summed E-state index contributed by atoms with van der Waals surface area (Å²) in [6, 6.07) is 4.06. The van der Waals surface area contributed by atoms with E-state index in [0.29, 0.717) is 11.5 Å². The Morgan fingerprint density at radius 2 is 2.09 bits per heavy atom. The van der Waals surface area contributed by atoms with Crippen LogP contribution in [0.25, 0.3) is 0 Å². The number of anilines is 1. The van der Waals surface area contributed by atoms with Gasteiger partial charge in [0.05, 0.1) is 16.6 Å². The number of hydrogen-bond acceptors (Lipinski definition) is 4. The lowest BCUT2D eigenvalue weighted by molar-refractivity contribution is -0.114. The summed E-state index contributed by atoms with van der Waals surface area (Å²) >= 11 is 6.01. The van der Waals surface area contributed by atoms with Crippen molar-refractivity contribution < 1.29 is 9.59 Å². The lowest BCUT2D eigenvalue weighted by atomic mass is 10.1. The largest absolute Gasteiger partial charge is 0.342 e. The summed E-state index contributed by atoms with van der Waals surface area (Å²) in [5.74, 6) is -0.405. The molecule has 0 fully saturated rings. The number of nitrogens with one attached hydrogen (secondary N) is 4. The Balaban J connectivity index is 2.18. The minimum Gasteiger partial charge on any atom is -0.342 e. The van der Waals surface area contributed by atoms with Crippen molar-refractivity contribution in [3.8, 4) is 0 Å². The quantitative estimate of drug-likeness (QED) is 0.675. The van der Waals surface area contributed by atoms with Crippen LogP contribution in [-0.4, -0.2) is 27.0 Å². The van der Waals surface area contributed by atoms with E-state index in [4.69, 9.17) is 11.6 Å². The number of nitrogens with zero attached hydrogens (tertiary/aromatic N) is 1. The summed E-state index contributed by atoms with van der Waals surface area (Å²) in [5.41, 5.74) is 0.210. The van der Waals surface area contributed by atoms with Crippen LogP contribution in [0.3, 0.4) is 0 Å². The van der Waals surface area contributed by atoms with E-state index in [9.17, 15) is 14.4 Å². The van der Waals surface area contributed by atoms with Crippen molar-refractivity contribution in [2.45, 2.75) is 19.9 Å². The van der Waals surface area contributed by atoms with Crippen molar-refractivity contribution in [2.75, 3.05) is 5.32 Å². The van der Waals surface area contributed by atoms with Gasteiger partial charge in [-0.25, -0.2) is 9.89 Å². The molecular weight excluding hydrogens is 310 g/mol. The molecule has 0 aliphatic carbocycles. The van der Waals surface area contributed by atoms with Gasteiger partial charge in [0.25, 0.3) is 5.91 Å². The minimum absolute atomic E-state index is 0.206. The molecule has 0 radical (unpaired) electrons. The van der Waals surface area contributed by atoms with Crippen LogP contribution in [0.1, 0.15) is 36.1 Å². The Morgan fingerprint density at radius 3 is 2.68 bits per heavy atom. The predicted octanol–water partition coefficient (Wildman–Crippen LogP) is 1.20. The van der Waals surface area contributed by atoms with Crippen LogP contribution in [0.5, 0.6) is 0 Å². The molecule has 0 unspecified atom stereocenters. The number of halogens is 1. The predicted molar refractivity (Wildman–Crippen MR) is 80.8 cm³/mol. The molecule has 9 heteroatoms. The smallest absolute Gasteiger partial charge is 0.340 e. The number of aromatic amines is 2. The van der Waals surface area contributed by atoms with E-state index >= 15 is 0 Å². The molecule has 1 heterocycles. The molecule has 0 aliphatic heterocycles. The summed E-state index contributed by atoms with van der Waals surface area (Å²) in [6.07, 6.45) is 0. The van der Waals surface area contributed by atoms with Gasteiger partial charge in [-0.3, -0.25) is 14.6 Å². The van der Waals surface area contributed by atoms with Crippen molar-refractivity contribution in [1.82, 2.24) is 20.5 Å². The average molecular weight is 324 g/mol. The number of carbonyl (C=O) groups is 2. The number of hydrogen-bond donors (Lipinski definition) is 4.